The number of hydrogen-bond acceptors (Lipinski definition) is 2. The smallest absolute Gasteiger partial charge is 0.239 e. The molecule has 0 unspecified atom stereocenters. The molecule has 0 radical (unpaired) electrons. The van der Waals surface area contributed by atoms with E-state index < -0.39 is 5.41 Å². The van der Waals surface area contributed by atoms with Crippen molar-refractivity contribution in [3.8, 4) is 0 Å². The van der Waals surface area contributed by atoms with E-state index in [1.54, 1.807) is 25.8 Å². The van der Waals surface area contributed by atoms with Crippen molar-refractivity contribution in [2.24, 2.45) is 5.41 Å². The lowest BCUT2D eigenvalue weighted by Crippen LogP contribution is -2.46. The van der Waals surface area contributed by atoms with E-state index in [-0.39, 0.29) is 11.8 Å². The summed E-state index contributed by atoms with van der Waals surface area (Å²) in [5.74, 6) is -0.422. The molecule has 1 aromatic carbocycles. The number of aryl methyl sites for hydroxylation is 1. The quantitative estimate of drug-likeness (QED) is 0.784. The van der Waals surface area contributed by atoms with Crippen molar-refractivity contribution >= 4 is 17.5 Å². The van der Waals surface area contributed by atoms with Crippen molar-refractivity contribution in [3.63, 3.8) is 0 Å². The molecular weight excluding hydrogens is 276 g/mol. The number of carbonyl (C=O) groups is 2. The van der Waals surface area contributed by atoms with Gasteiger partial charge in [0.05, 0.1) is 0 Å². The first-order chi connectivity index (χ1) is 10.3. The maximum Gasteiger partial charge on any atom is 0.239 e. The molecule has 1 N–H and O–H groups in total. The van der Waals surface area contributed by atoms with Gasteiger partial charge in [-0.1, -0.05) is 32.4 Å². The van der Waals surface area contributed by atoms with Gasteiger partial charge in [-0.2, -0.15) is 0 Å². The third kappa shape index (κ3) is 4.58. The zero-order chi connectivity index (χ0) is 16.8. The van der Waals surface area contributed by atoms with Crippen LogP contribution in [-0.4, -0.2) is 30.3 Å². The summed E-state index contributed by atoms with van der Waals surface area (Å²) in [4.78, 5) is 26.6. The van der Waals surface area contributed by atoms with Crippen LogP contribution in [0.25, 0.3) is 0 Å². The maximum absolute atomic E-state index is 12.5. The molecule has 2 amide bonds. The lowest BCUT2D eigenvalue weighted by atomic mass is 9.90. The molecule has 4 heteroatoms. The predicted octanol–water partition coefficient (Wildman–Crippen LogP) is 3.47. The Bertz CT molecular complexity index is 506. The minimum atomic E-state index is -1.08. The molecule has 0 saturated heterocycles. The Kier molecular flexibility index (Phi) is 6.60. The van der Waals surface area contributed by atoms with Crippen LogP contribution < -0.4 is 5.32 Å². The highest BCUT2D eigenvalue weighted by molar-refractivity contribution is 6.09. The lowest BCUT2D eigenvalue weighted by Gasteiger charge is -2.28. The number of unbranched alkanes of at least 4 members (excludes halogenated alkanes) is 1. The average molecular weight is 304 g/mol. The van der Waals surface area contributed by atoms with E-state index in [1.807, 2.05) is 24.3 Å². The highest BCUT2D eigenvalue weighted by Crippen LogP contribution is 2.22. The standard InChI is InChI=1S/C18H28N2O2/c1-6-8-13-20(5)17(22)18(3,4)16(21)19-15-11-9-14(7-2)10-12-15/h9-12H,6-8,13H2,1-5H3,(H,19,21). The van der Waals surface area contributed by atoms with Crippen molar-refractivity contribution < 1.29 is 9.59 Å². The van der Waals surface area contributed by atoms with Crippen LogP contribution in [-0.2, 0) is 16.0 Å². The van der Waals surface area contributed by atoms with E-state index in [0.717, 1.165) is 24.9 Å². The predicted molar refractivity (Wildman–Crippen MR) is 90.8 cm³/mol. The van der Waals surface area contributed by atoms with E-state index in [4.69, 9.17) is 0 Å². The minimum Gasteiger partial charge on any atom is -0.345 e. The molecule has 22 heavy (non-hydrogen) atoms. The van der Waals surface area contributed by atoms with Gasteiger partial charge in [0.2, 0.25) is 11.8 Å². The first-order valence-electron chi connectivity index (χ1n) is 7.98. The summed E-state index contributed by atoms with van der Waals surface area (Å²) in [6, 6.07) is 7.71. The molecular formula is C18H28N2O2. The summed E-state index contributed by atoms with van der Waals surface area (Å²) in [6.07, 6.45) is 2.92. The summed E-state index contributed by atoms with van der Waals surface area (Å²) in [5.41, 5.74) is 0.860. The lowest BCUT2D eigenvalue weighted by molar-refractivity contribution is -0.145. The Morgan fingerprint density at radius 1 is 1.14 bits per heavy atom. The van der Waals surface area contributed by atoms with E-state index in [1.165, 1.54) is 5.56 Å². The van der Waals surface area contributed by atoms with E-state index >= 15 is 0 Å². The number of hydrogen-bond donors (Lipinski definition) is 1. The normalized spacial score (nSPS) is 11.1. The SMILES string of the molecule is CCCCN(C)C(=O)C(C)(C)C(=O)Nc1ccc(CC)cc1. The van der Waals surface area contributed by atoms with E-state index in [2.05, 4.69) is 19.2 Å². The topological polar surface area (TPSA) is 49.4 Å². The maximum atomic E-state index is 12.5. The van der Waals surface area contributed by atoms with Crippen LogP contribution in [0.2, 0.25) is 0 Å². The molecule has 1 rings (SSSR count). The molecule has 0 aliphatic heterocycles. The first kappa shape index (κ1) is 18.2. The molecule has 0 bridgehead atoms. The van der Waals surface area contributed by atoms with E-state index in [0.29, 0.717) is 6.54 Å². The van der Waals surface area contributed by atoms with Crippen LogP contribution >= 0.6 is 0 Å². The molecule has 0 aromatic heterocycles. The van der Waals surface area contributed by atoms with Crippen molar-refractivity contribution in [2.75, 3.05) is 18.9 Å². The summed E-state index contributed by atoms with van der Waals surface area (Å²) < 4.78 is 0. The van der Waals surface area contributed by atoms with Gasteiger partial charge in [0.25, 0.3) is 0 Å². The number of anilines is 1. The summed E-state index contributed by atoms with van der Waals surface area (Å²) in [6.45, 7) is 8.19. The Hall–Kier alpha value is -1.84. The number of nitrogens with one attached hydrogen (secondary N) is 1. The molecule has 0 heterocycles. The van der Waals surface area contributed by atoms with Crippen LogP contribution in [0.1, 0.15) is 46.1 Å². The molecule has 0 atom stereocenters. The Morgan fingerprint density at radius 3 is 2.23 bits per heavy atom. The van der Waals surface area contributed by atoms with Crippen LogP contribution in [0.15, 0.2) is 24.3 Å². The fourth-order valence-electron chi connectivity index (χ4n) is 2.18. The van der Waals surface area contributed by atoms with Gasteiger partial charge in [-0.15, -0.1) is 0 Å². The Labute approximate surface area is 133 Å². The molecule has 1 aromatic rings. The number of carbonyl (C=O) groups excluding carboxylic acids is 2. The molecule has 0 aliphatic carbocycles. The number of benzene rings is 1. The first-order valence-corrected chi connectivity index (χ1v) is 7.98. The summed E-state index contributed by atoms with van der Waals surface area (Å²) in [5, 5.41) is 2.84. The molecule has 0 fully saturated rings. The molecule has 4 nitrogen and oxygen atoms in total. The van der Waals surface area contributed by atoms with Gasteiger partial charge in [0.1, 0.15) is 5.41 Å². The van der Waals surface area contributed by atoms with Gasteiger partial charge in [-0.25, -0.2) is 0 Å². The average Bonchev–Trinajstić information content (AvgIpc) is 2.52. The highest BCUT2D eigenvalue weighted by Gasteiger charge is 2.38. The van der Waals surface area contributed by atoms with Crippen LogP contribution in [0.3, 0.4) is 0 Å². The summed E-state index contributed by atoms with van der Waals surface area (Å²) >= 11 is 0. The monoisotopic (exact) mass is 304 g/mol. The van der Waals surface area contributed by atoms with E-state index in [9.17, 15) is 9.59 Å². The van der Waals surface area contributed by atoms with Gasteiger partial charge >= 0.3 is 0 Å². The Balaban J connectivity index is 2.74. The fourth-order valence-corrected chi connectivity index (χ4v) is 2.18. The Morgan fingerprint density at radius 2 is 1.73 bits per heavy atom. The van der Waals surface area contributed by atoms with Crippen molar-refractivity contribution in [1.82, 2.24) is 4.90 Å². The van der Waals surface area contributed by atoms with Gasteiger partial charge in [0, 0.05) is 19.3 Å². The minimum absolute atomic E-state index is 0.149. The molecule has 0 spiro atoms. The number of amides is 2. The summed E-state index contributed by atoms with van der Waals surface area (Å²) in [7, 11) is 1.75. The fraction of sp³-hybridized carbons (Fsp3) is 0.556. The largest absolute Gasteiger partial charge is 0.345 e. The molecule has 122 valence electrons. The number of rotatable bonds is 7. The van der Waals surface area contributed by atoms with Crippen LogP contribution in [0.4, 0.5) is 5.69 Å². The van der Waals surface area contributed by atoms with Gasteiger partial charge in [-0.3, -0.25) is 9.59 Å². The highest BCUT2D eigenvalue weighted by atomic mass is 16.2. The van der Waals surface area contributed by atoms with Crippen molar-refractivity contribution in [1.29, 1.82) is 0 Å². The second-order valence-corrected chi connectivity index (χ2v) is 6.21. The zero-order valence-corrected chi connectivity index (χ0v) is 14.4. The van der Waals surface area contributed by atoms with Crippen LogP contribution in [0.5, 0.6) is 0 Å². The third-order valence-corrected chi connectivity index (χ3v) is 3.92. The van der Waals surface area contributed by atoms with Gasteiger partial charge < -0.3 is 10.2 Å². The second kappa shape index (κ2) is 7.97. The van der Waals surface area contributed by atoms with Gasteiger partial charge in [-0.05, 0) is 44.4 Å². The van der Waals surface area contributed by atoms with Crippen molar-refractivity contribution in [3.05, 3.63) is 29.8 Å². The third-order valence-electron chi connectivity index (χ3n) is 3.92. The second-order valence-electron chi connectivity index (χ2n) is 6.21. The molecule has 0 saturated carbocycles. The van der Waals surface area contributed by atoms with Gasteiger partial charge in [0.15, 0.2) is 0 Å². The molecule has 0 aliphatic rings. The number of nitrogens with zero attached hydrogens (tertiary/aromatic N) is 1. The van der Waals surface area contributed by atoms with Crippen molar-refractivity contribution in [2.45, 2.75) is 47.0 Å². The zero-order valence-electron chi connectivity index (χ0n) is 14.4. The van der Waals surface area contributed by atoms with Crippen LogP contribution in [0, 0.1) is 5.41 Å².